The highest BCUT2D eigenvalue weighted by molar-refractivity contribution is 5.11. The minimum Gasteiger partial charge on any atom is -0.311 e. The molecule has 19 heavy (non-hydrogen) atoms. The molecule has 0 fully saturated rings. The van der Waals surface area contributed by atoms with Gasteiger partial charge in [0.2, 0.25) is 0 Å². The number of aromatic nitrogens is 4. The van der Waals surface area contributed by atoms with E-state index in [1.54, 1.807) is 0 Å². The number of rotatable bonds is 7. The largest absolute Gasteiger partial charge is 0.311 e. The van der Waals surface area contributed by atoms with Crippen molar-refractivity contribution in [3.63, 3.8) is 0 Å². The second-order valence-corrected chi connectivity index (χ2v) is 4.58. The van der Waals surface area contributed by atoms with E-state index in [9.17, 15) is 0 Å². The molecular formula is C14H23N5. The minimum absolute atomic E-state index is 0.785. The Morgan fingerprint density at radius 3 is 2.68 bits per heavy atom. The second kappa shape index (κ2) is 6.52. The Morgan fingerprint density at radius 1 is 1.16 bits per heavy atom. The smallest absolute Gasteiger partial charge is 0.0828 e. The predicted octanol–water partition coefficient (Wildman–Crippen LogP) is 1.82. The Morgan fingerprint density at radius 2 is 2.00 bits per heavy atom. The average molecular weight is 261 g/mol. The van der Waals surface area contributed by atoms with Gasteiger partial charge < -0.3 is 5.32 Å². The summed E-state index contributed by atoms with van der Waals surface area (Å²) < 4.78 is 4.04. The van der Waals surface area contributed by atoms with Crippen LogP contribution in [0.25, 0.3) is 0 Å². The predicted molar refractivity (Wildman–Crippen MR) is 76.0 cm³/mol. The van der Waals surface area contributed by atoms with Crippen molar-refractivity contribution in [3.8, 4) is 0 Å². The molecule has 0 spiro atoms. The van der Waals surface area contributed by atoms with Crippen LogP contribution in [-0.2, 0) is 26.1 Å². The van der Waals surface area contributed by atoms with Gasteiger partial charge in [0.1, 0.15) is 0 Å². The lowest BCUT2D eigenvalue weighted by atomic mass is 10.3. The highest BCUT2D eigenvalue weighted by Gasteiger charge is 2.07. The number of nitrogens with zero attached hydrogens (tertiary/aromatic N) is 4. The monoisotopic (exact) mass is 261 g/mol. The molecule has 2 heterocycles. The molecule has 0 atom stereocenters. The highest BCUT2D eigenvalue weighted by atomic mass is 15.3. The summed E-state index contributed by atoms with van der Waals surface area (Å²) >= 11 is 0. The van der Waals surface area contributed by atoms with E-state index >= 15 is 0 Å². The molecule has 1 N–H and O–H groups in total. The van der Waals surface area contributed by atoms with Crippen molar-refractivity contribution >= 4 is 0 Å². The molecule has 0 aromatic carbocycles. The third-order valence-electron chi connectivity index (χ3n) is 3.15. The number of hydrogen-bond donors (Lipinski definition) is 1. The molecule has 2 aromatic rings. The van der Waals surface area contributed by atoms with E-state index in [-0.39, 0.29) is 0 Å². The van der Waals surface area contributed by atoms with Gasteiger partial charge in [-0.3, -0.25) is 9.36 Å². The van der Waals surface area contributed by atoms with Gasteiger partial charge in [-0.25, -0.2) is 0 Å². The van der Waals surface area contributed by atoms with Crippen LogP contribution in [0.15, 0.2) is 18.3 Å². The van der Waals surface area contributed by atoms with Crippen molar-refractivity contribution in [1.29, 1.82) is 0 Å². The summed E-state index contributed by atoms with van der Waals surface area (Å²) in [7, 11) is 0. The Labute approximate surface area is 114 Å². The van der Waals surface area contributed by atoms with Gasteiger partial charge in [0.15, 0.2) is 0 Å². The molecule has 5 heteroatoms. The van der Waals surface area contributed by atoms with Crippen LogP contribution in [0.2, 0.25) is 0 Å². The SMILES string of the molecule is CCNCc1ccn(Cc2cc(CC)nn2CC)n1. The summed E-state index contributed by atoms with van der Waals surface area (Å²) in [5.74, 6) is 0. The molecule has 0 aliphatic heterocycles. The Balaban J connectivity index is 2.07. The van der Waals surface area contributed by atoms with Crippen LogP contribution < -0.4 is 5.32 Å². The number of nitrogens with one attached hydrogen (secondary N) is 1. The van der Waals surface area contributed by atoms with Gasteiger partial charge in [-0.1, -0.05) is 13.8 Å². The van der Waals surface area contributed by atoms with Gasteiger partial charge in [0.05, 0.1) is 23.6 Å². The summed E-state index contributed by atoms with van der Waals surface area (Å²) in [5.41, 5.74) is 3.45. The molecule has 0 bridgehead atoms. The van der Waals surface area contributed by atoms with Crippen LogP contribution >= 0.6 is 0 Å². The van der Waals surface area contributed by atoms with E-state index in [2.05, 4.69) is 53.1 Å². The quantitative estimate of drug-likeness (QED) is 0.827. The van der Waals surface area contributed by atoms with E-state index in [1.807, 2.05) is 10.9 Å². The normalized spacial score (nSPS) is 11.1. The zero-order chi connectivity index (χ0) is 13.7. The lowest BCUT2D eigenvalue weighted by Gasteiger charge is -2.04. The first-order valence-electron chi connectivity index (χ1n) is 7.05. The summed E-state index contributed by atoms with van der Waals surface area (Å²) in [4.78, 5) is 0. The Bertz CT molecular complexity index is 512. The molecule has 0 saturated carbocycles. The molecule has 0 amide bonds. The van der Waals surface area contributed by atoms with Gasteiger partial charge in [-0.05, 0) is 32.0 Å². The molecule has 5 nitrogen and oxygen atoms in total. The molecule has 104 valence electrons. The standard InChI is InChI=1S/C14H23N5/c1-4-12-9-14(19(6-3)17-12)11-18-8-7-13(16-18)10-15-5-2/h7-9,15H,4-6,10-11H2,1-3H3. The molecule has 0 saturated heterocycles. The molecule has 0 aliphatic rings. The van der Waals surface area contributed by atoms with Gasteiger partial charge in [-0.2, -0.15) is 10.2 Å². The first kappa shape index (κ1) is 13.8. The van der Waals surface area contributed by atoms with E-state index in [0.717, 1.165) is 44.0 Å². The summed E-state index contributed by atoms with van der Waals surface area (Å²) in [5, 5.41) is 12.4. The first-order valence-corrected chi connectivity index (χ1v) is 7.05. The third kappa shape index (κ3) is 3.44. The van der Waals surface area contributed by atoms with Crippen LogP contribution in [-0.4, -0.2) is 26.1 Å². The first-order chi connectivity index (χ1) is 9.26. The van der Waals surface area contributed by atoms with Crippen molar-refractivity contribution in [1.82, 2.24) is 24.9 Å². The summed E-state index contributed by atoms with van der Waals surface area (Å²) in [6.45, 7) is 9.84. The van der Waals surface area contributed by atoms with Crippen LogP contribution in [0.1, 0.15) is 37.9 Å². The van der Waals surface area contributed by atoms with Gasteiger partial charge in [-0.15, -0.1) is 0 Å². The van der Waals surface area contributed by atoms with Crippen molar-refractivity contribution < 1.29 is 0 Å². The minimum atomic E-state index is 0.785. The Hall–Kier alpha value is -1.62. The van der Waals surface area contributed by atoms with Crippen LogP contribution in [0.5, 0.6) is 0 Å². The van der Waals surface area contributed by atoms with Gasteiger partial charge >= 0.3 is 0 Å². The highest BCUT2D eigenvalue weighted by Crippen LogP contribution is 2.08. The third-order valence-corrected chi connectivity index (χ3v) is 3.15. The van der Waals surface area contributed by atoms with Crippen molar-refractivity contribution in [2.45, 2.75) is 46.8 Å². The molecule has 0 aliphatic carbocycles. The zero-order valence-electron chi connectivity index (χ0n) is 12.1. The van der Waals surface area contributed by atoms with E-state index in [1.165, 1.54) is 5.69 Å². The fourth-order valence-electron chi connectivity index (χ4n) is 2.09. The van der Waals surface area contributed by atoms with Crippen LogP contribution in [0, 0.1) is 0 Å². The van der Waals surface area contributed by atoms with E-state index < -0.39 is 0 Å². The molecule has 2 aromatic heterocycles. The van der Waals surface area contributed by atoms with Crippen LogP contribution in [0.3, 0.4) is 0 Å². The number of hydrogen-bond acceptors (Lipinski definition) is 3. The lowest BCUT2D eigenvalue weighted by Crippen LogP contribution is -2.13. The molecule has 0 unspecified atom stereocenters. The van der Waals surface area contributed by atoms with Crippen LogP contribution in [0.4, 0.5) is 0 Å². The second-order valence-electron chi connectivity index (χ2n) is 4.58. The van der Waals surface area contributed by atoms with E-state index in [4.69, 9.17) is 0 Å². The molecule has 2 rings (SSSR count). The van der Waals surface area contributed by atoms with Gasteiger partial charge in [0, 0.05) is 19.3 Å². The number of aryl methyl sites for hydroxylation is 2. The fourth-order valence-corrected chi connectivity index (χ4v) is 2.09. The lowest BCUT2D eigenvalue weighted by molar-refractivity contribution is 0.567. The summed E-state index contributed by atoms with van der Waals surface area (Å²) in [6.07, 6.45) is 3.01. The average Bonchev–Trinajstić information content (AvgIpc) is 3.03. The zero-order valence-corrected chi connectivity index (χ0v) is 12.1. The molecule has 0 radical (unpaired) electrons. The van der Waals surface area contributed by atoms with E-state index in [0.29, 0.717) is 0 Å². The Kier molecular flexibility index (Phi) is 4.74. The van der Waals surface area contributed by atoms with Crippen molar-refractivity contribution in [3.05, 3.63) is 35.4 Å². The topological polar surface area (TPSA) is 47.7 Å². The van der Waals surface area contributed by atoms with Crippen molar-refractivity contribution in [2.75, 3.05) is 6.54 Å². The maximum absolute atomic E-state index is 4.57. The summed E-state index contributed by atoms with van der Waals surface area (Å²) in [6, 6.07) is 4.24. The van der Waals surface area contributed by atoms with Gasteiger partial charge in [0.25, 0.3) is 0 Å². The maximum Gasteiger partial charge on any atom is 0.0828 e. The van der Waals surface area contributed by atoms with Crippen molar-refractivity contribution in [2.24, 2.45) is 0 Å². The fraction of sp³-hybridized carbons (Fsp3) is 0.571. The maximum atomic E-state index is 4.57. The molecular weight excluding hydrogens is 238 g/mol.